The van der Waals surface area contributed by atoms with Crippen LogP contribution in [0, 0.1) is 13.8 Å². The average molecular weight is 638 g/mol. The van der Waals surface area contributed by atoms with Crippen LogP contribution in [0.25, 0.3) is 0 Å². The molecule has 0 fully saturated rings. The van der Waals surface area contributed by atoms with Crippen molar-refractivity contribution in [2.45, 2.75) is 70.7 Å². The number of benzene rings is 3. The molecule has 3 aromatic carbocycles. The minimum absolute atomic E-state index is 0.0446. The summed E-state index contributed by atoms with van der Waals surface area (Å²) in [7, 11) is -4.56. The van der Waals surface area contributed by atoms with E-state index in [2.05, 4.69) is 5.32 Å². The Morgan fingerprint density at radius 2 is 1.56 bits per heavy atom. The van der Waals surface area contributed by atoms with Crippen LogP contribution in [0.5, 0.6) is 0 Å². The molecule has 1 atom stereocenters. The summed E-state index contributed by atoms with van der Waals surface area (Å²) in [5.74, 6) is -1.27. The van der Waals surface area contributed by atoms with E-state index in [4.69, 9.17) is 11.6 Å². The smallest absolute Gasteiger partial charge is 0.350 e. The van der Waals surface area contributed by atoms with E-state index in [0.717, 1.165) is 23.3 Å². The van der Waals surface area contributed by atoms with E-state index in [1.807, 2.05) is 19.1 Å². The Balaban J connectivity index is 2.14. The Hall–Kier alpha value is -3.57. The highest BCUT2D eigenvalue weighted by molar-refractivity contribution is 7.92. The molecule has 0 bridgehead atoms. The van der Waals surface area contributed by atoms with Crippen LogP contribution in [0.1, 0.15) is 49.9 Å². The molecule has 0 saturated heterocycles. The van der Waals surface area contributed by atoms with Crippen LogP contribution in [0.4, 0.5) is 18.9 Å². The second-order valence-electron chi connectivity index (χ2n) is 11.3. The van der Waals surface area contributed by atoms with Crippen molar-refractivity contribution in [2.24, 2.45) is 0 Å². The molecule has 3 rings (SSSR count). The molecule has 0 aliphatic carbocycles. The summed E-state index contributed by atoms with van der Waals surface area (Å²) in [6.07, 6.45) is -4.88. The first-order chi connectivity index (χ1) is 19.8. The van der Waals surface area contributed by atoms with Gasteiger partial charge in [-0.2, -0.15) is 13.2 Å². The number of hydrogen-bond acceptors (Lipinski definition) is 4. The molecule has 2 amide bonds. The molecule has 12 heteroatoms. The quantitative estimate of drug-likeness (QED) is 0.290. The Morgan fingerprint density at radius 3 is 2.12 bits per heavy atom. The SMILES string of the molecule is Cc1ccc(S(=O)(=O)N(CC(=O)N(Cc2ccccc2C)[C@@H](C)C(=O)NC(C)(C)C)c2ccc(Cl)c(C(F)(F)F)c2)cc1. The van der Waals surface area contributed by atoms with Crippen molar-refractivity contribution in [3.05, 3.63) is 94.0 Å². The zero-order chi connectivity index (χ0) is 32.3. The summed E-state index contributed by atoms with van der Waals surface area (Å²) in [5.41, 5.74) is 0.0213. The van der Waals surface area contributed by atoms with Crippen molar-refractivity contribution in [3.8, 4) is 0 Å². The number of nitrogens with zero attached hydrogens (tertiary/aromatic N) is 2. The van der Waals surface area contributed by atoms with Gasteiger partial charge < -0.3 is 10.2 Å². The van der Waals surface area contributed by atoms with Crippen LogP contribution in [0.2, 0.25) is 5.02 Å². The van der Waals surface area contributed by atoms with Gasteiger partial charge in [0.05, 0.1) is 21.2 Å². The van der Waals surface area contributed by atoms with E-state index in [0.29, 0.717) is 15.9 Å². The lowest BCUT2D eigenvalue weighted by Crippen LogP contribution is -2.54. The number of rotatable bonds is 9. The van der Waals surface area contributed by atoms with Gasteiger partial charge in [0.1, 0.15) is 12.6 Å². The van der Waals surface area contributed by atoms with Crippen LogP contribution in [-0.4, -0.2) is 43.3 Å². The molecular formula is C31H35ClF3N3O4S. The van der Waals surface area contributed by atoms with Gasteiger partial charge in [0, 0.05) is 12.1 Å². The first-order valence-electron chi connectivity index (χ1n) is 13.4. The molecule has 232 valence electrons. The molecule has 1 N–H and O–H groups in total. The van der Waals surface area contributed by atoms with Crippen molar-refractivity contribution >= 4 is 39.1 Å². The molecule has 3 aromatic rings. The van der Waals surface area contributed by atoms with Gasteiger partial charge in [0.15, 0.2) is 0 Å². The minimum Gasteiger partial charge on any atom is -0.350 e. The van der Waals surface area contributed by atoms with Gasteiger partial charge in [-0.3, -0.25) is 13.9 Å². The van der Waals surface area contributed by atoms with Gasteiger partial charge in [-0.1, -0.05) is 53.6 Å². The molecule has 7 nitrogen and oxygen atoms in total. The topological polar surface area (TPSA) is 86.8 Å². The zero-order valence-electron chi connectivity index (χ0n) is 24.8. The Kier molecular flexibility index (Phi) is 10.2. The number of aryl methyl sites for hydroxylation is 2. The maximum Gasteiger partial charge on any atom is 0.417 e. The van der Waals surface area contributed by atoms with Gasteiger partial charge in [-0.25, -0.2) is 8.42 Å². The second kappa shape index (κ2) is 13.0. The Labute approximate surface area is 255 Å². The third-order valence-corrected chi connectivity index (χ3v) is 8.82. The number of halogens is 4. The van der Waals surface area contributed by atoms with Gasteiger partial charge in [0.2, 0.25) is 11.8 Å². The van der Waals surface area contributed by atoms with Crippen molar-refractivity contribution in [2.75, 3.05) is 10.8 Å². The van der Waals surface area contributed by atoms with Crippen LogP contribution < -0.4 is 9.62 Å². The van der Waals surface area contributed by atoms with E-state index in [-0.39, 0.29) is 11.4 Å². The zero-order valence-corrected chi connectivity index (χ0v) is 26.4. The molecule has 0 unspecified atom stereocenters. The number of carbonyl (C=O) groups is 2. The number of carbonyl (C=O) groups excluding carboxylic acids is 2. The maximum atomic E-state index is 14.0. The van der Waals surface area contributed by atoms with Gasteiger partial charge >= 0.3 is 6.18 Å². The summed E-state index contributed by atoms with van der Waals surface area (Å²) in [5, 5.41) is 2.21. The monoisotopic (exact) mass is 637 g/mol. The number of nitrogens with one attached hydrogen (secondary N) is 1. The van der Waals surface area contributed by atoms with Gasteiger partial charge in [0.25, 0.3) is 10.0 Å². The standard InChI is InChI=1S/C31H35ClF3N3O4S/c1-20-11-14-25(15-12-20)43(41,42)38(24-13-16-27(32)26(17-24)31(33,34)35)19-28(39)37(18-23-10-8-7-9-21(23)2)22(3)29(40)36-30(4,5)6/h7-17,22H,18-19H2,1-6H3,(H,36,40)/t22-/m0/s1. The Bertz CT molecular complexity index is 1590. The van der Waals surface area contributed by atoms with E-state index in [1.54, 1.807) is 52.0 Å². The summed E-state index contributed by atoms with van der Waals surface area (Å²) < 4.78 is 69.8. The van der Waals surface area contributed by atoms with E-state index >= 15 is 0 Å². The summed E-state index contributed by atoms with van der Waals surface area (Å²) in [4.78, 5) is 28.2. The van der Waals surface area contributed by atoms with E-state index < -0.39 is 62.4 Å². The lowest BCUT2D eigenvalue weighted by molar-refractivity contribution is -0.140. The second-order valence-corrected chi connectivity index (χ2v) is 13.6. The lowest BCUT2D eigenvalue weighted by atomic mass is 10.1. The predicted octanol–water partition coefficient (Wildman–Crippen LogP) is 6.50. The van der Waals surface area contributed by atoms with E-state index in [9.17, 15) is 31.2 Å². The van der Waals surface area contributed by atoms with E-state index in [1.165, 1.54) is 24.0 Å². The minimum atomic E-state index is -4.88. The number of anilines is 1. The number of alkyl halides is 3. The number of amides is 2. The first-order valence-corrected chi connectivity index (χ1v) is 15.2. The predicted molar refractivity (Wildman–Crippen MR) is 161 cm³/mol. The van der Waals surface area contributed by atoms with Crippen LogP contribution in [0.3, 0.4) is 0 Å². The molecule has 0 aliphatic rings. The fraction of sp³-hybridized carbons (Fsp3) is 0.355. The fourth-order valence-electron chi connectivity index (χ4n) is 4.28. The average Bonchev–Trinajstić information content (AvgIpc) is 2.89. The van der Waals surface area contributed by atoms with Crippen molar-refractivity contribution in [1.82, 2.24) is 10.2 Å². The molecule has 43 heavy (non-hydrogen) atoms. The molecule has 0 heterocycles. The first kappa shape index (κ1) is 33.9. The maximum absolute atomic E-state index is 14.0. The van der Waals surface area contributed by atoms with Crippen molar-refractivity contribution in [1.29, 1.82) is 0 Å². The number of hydrogen-bond donors (Lipinski definition) is 1. The van der Waals surface area contributed by atoms with Crippen LogP contribution >= 0.6 is 11.6 Å². The largest absolute Gasteiger partial charge is 0.417 e. The normalized spacial score (nSPS) is 12.9. The third kappa shape index (κ3) is 8.51. The van der Waals surface area contributed by atoms with Crippen molar-refractivity contribution in [3.63, 3.8) is 0 Å². The van der Waals surface area contributed by atoms with Gasteiger partial charge in [-0.15, -0.1) is 0 Å². The van der Waals surface area contributed by atoms with Gasteiger partial charge in [-0.05, 0) is 83.0 Å². The molecule has 0 aliphatic heterocycles. The lowest BCUT2D eigenvalue weighted by Gasteiger charge is -2.34. The highest BCUT2D eigenvalue weighted by atomic mass is 35.5. The highest BCUT2D eigenvalue weighted by Crippen LogP contribution is 2.38. The molecular weight excluding hydrogens is 603 g/mol. The summed E-state index contributed by atoms with van der Waals surface area (Å²) in [6.45, 7) is 9.50. The molecule has 0 aromatic heterocycles. The molecule has 0 radical (unpaired) electrons. The summed E-state index contributed by atoms with van der Waals surface area (Å²) >= 11 is 5.82. The summed E-state index contributed by atoms with van der Waals surface area (Å²) in [6, 6.07) is 14.5. The highest BCUT2D eigenvalue weighted by Gasteiger charge is 2.37. The number of sulfonamides is 1. The molecule has 0 saturated carbocycles. The van der Waals surface area contributed by atoms with Crippen LogP contribution in [0.15, 0.2) is 71.6 Å². The van der Waals surface area contributed by atoms with Crippen LogP contribution in [-0.2, 0) is 32.3 Å². The van der Waals surface area contributed by atoms with Crippen molar-refractivity contribution < 1.29 is 31.2 Å². The Morgan fingerprint density at radius 1 is 0.953 bits per heavy atom. The fourth-order valence-corrected chi connectivity index (χ4v) is 5.91. The molecule has 0 spiro atoms. The third-order valence-electron chi connectivity index (χ3n) is 6.70.